The number of carbonyl (C=O) groups excluding carboxylic acids is 1. The number of rotatable bonds is 5. The Bertz CT molecular complexity index is 519. The van der Waals surface area contributed by atoms with Crippen molar-refractivity contribution in [2.75, 3.05) is 12.3 Å². The fourth-order valence-electron chi connectivity index (χ4n) is 1.96. The van der Waals surface area contributed by atoms with E-state index in [2.05, 4.69) is 5.32 Å². The lowest BCUT2D eigenvalue weighted by molar-refractivity contribution is -0.383. The Kier molecular flexibility index (Phi) is 5.29. The van der Waals surface area contributed by atoms with Gasteiger partial charge in [-0.2, -0.15) is 0 Å². The number of hydrogen-bond donors (Lipinski definition) is 3. The predicted octanol–water partition coefficient (Wildman–Crippen LogP) is 1.07. The lowest BCUT2D eigenvalue weighted by Crippen LogP contribution is -2.41. The van der Waals surface area contributed by atoms with Crippen LogP contribution in [0.15, 0.2) is 18.2 Å². The molecule has 5 N–H and O–H groups in total. The molecule has 0 radical (unpaired) electrons. The number of amides is 1. The molecule has 0 saturated heterocycles. The largest absolute Gasteiger partial charge is 0.393 e. The molecule has 0 aromatic heterocycles. The van der Waals surface area contributed by atoms with Crippen molar-refractivity contribution in [3.05, 3.63) is 33.9 Å². The summed E-state index contributed by atoms with van der Waals surface area (Å²) in [7, 11) is 0. The van der Waals surface area contributed by atoms with Gasteiger partial charge in [0.1, 0.15) is 5.69 Å². The average molecular weight is 301 g/mol. The van der Waals surface area contributed by atoms with Crippen LogP contribution in [0, 0.1) is 16.0 Å². The van der Waals surface area contributed by atoms with E-state index in [1.807, 2.05) is 0 Å². The molecule has 1 saturated carbocycles. The second kappa shape index (κ2) is 6.53. The zero-order chi connectivity index (χ0) is 14.0. The molecule has 0 heterocycles. The first kappa shape index (κ1) is 16.2. The van der Waals surface area contributed by atoms with E-state index < -0.39 is 4.92 Å². The third-order valence-corrected chi connectivity index (χ3v) is 3.25. The molecule has 1 amide bonds. The van der Waals surface area contributed by atoms with E-state index in [0.717, 1.165) is 12.8 Å². The quantitative estimate of drug-likeness (QED) is 0.426. The summed E-state index contributed by atoms with van der Waals surface area (Å²) in [4.78, 5) is 22.2. The summed E-state index contributed by atoms with van der Waals surface area (Å²) >= 11 is 0. The van der Waals surface area contributed by atoms with Gasteiger partial charge >= 0.3 is 0 Å². The highest BCUT2D eigenvalue weighted by Gasteiger charge is 2.31. The first-order chi connectivity index (χ1) is 9.02. The summed E-state index contributed by atoms with van der Waals surface area (Å²) in [6.07, 6.45) is 2.12. The summed E-state index contributed by atoms with van der Waals surface area (Å²) in [5.41, 5.74) is 11.1. The number of benzene rings is 1. The second-order valence-corrected chi connectivity index (χ2v) is 4.68. The van der Waals surface area contributed by atoms with Crippen molar-refractivity contribution < 1.29 is 9.72 Å². The number of hydrogen-bond acceptors (Lipinski definition) is 5. The number of nitrogens with one attached hydrogen (secondary N) is 1. The standard InChI is InChI=1S/C12H16N4O3.ClH/c13-6-10(7-1-2-7)15-12(17)8-3-4-9(14)11(5-8)16(18)19;/h3-5,7,10H,1-2,6,13-14H2,(H,15,17);1H. The minimum atomic E-state index is -0.604. The van der Waals surface area contributed by atoms with Gasteiger partial charge in [0.15, 0.2) is 0 Å². The summed E-state index contributed by atoms with van der Waals surface area (Å²) in [6, 6.07) is 3.95. The highest BCUT2D eigenvalue weighted by atomic mass is 35.5. The van der Waals surface area contributed by atoms with Crippen LogP contribution in [0.25, 0.3) is 0 Å². The lowest BCUT2D eigenvalue weighted by Gasteiger charge is -2.15. The molecular formula is C12H17ClN4O3. The third kappa shape index (κ3) is 3.58. The maximum absolute atomic E-state index is 12.0. The molecular weight excluding hydrogens is 284 g/mol. The van der Waals surface area contributed by atoms with Crippen molar-refractivity contribution in [3.8, 4) is 0 Å². The van der Waals surface area contributed by atoms with Crippen LogP contribution in [-0.4, -0.2) is 23.4 Å². The summed E-state index contributed by atoms with van der Waals surface area (Å²) in [5, 5.41) is 13.6. The van der Waals surface area contributed by atoms with Crippen LogP contribution in [0.3, 0.4) is 0 Å². The SMILES string of the molecule is Cl.NCC(NC(=O)c1ccc(N)c([N+](=O)[O-])c1)C1CC1. The molecule has 1 unspecified atom stereocenters. The summed E-state index contributed by atoms with van der Waals surface area (Å²) in [6.45, 7) is 0.369. The Morgan fingerprint density at radius 2 is 2.15 bits per heavy atom. The first-order valence-corrected chi connectivity index (χ1v) is 6.07. The van der Waals surface area contributed by atoms with Crippen molar-refractivity contribution >= 4 is 29.7 Å². The third-order valence-electron chi connectivity index (χ3n) is 3.25. The highest BCUT2D eigenvalue weighted by molar-refractivity contribution is 5.95. The normalized spacial score (nSPS) is 15.1. The fraction of sp³-hybridized carbons (Fsp3) is 0.417. The molecule has 1 aliphatic rings. The van der Waals surface area contributed by atoms with Crippen LogP contribution >= 0.6 is 12.4 Å². The number of nitrogens with zero attached hydrogens (tertiary/aromatic N) is 1. The number of anilines is 1. The van der Waals surface area contributed by atoms with Crippen LogP contribution in [0.4, 0.5) is 11.4 Å². The van der Waals surface area contributed by atoms with Gasteiger partial charge in [-0.1, -0.05) is 0 Å². The minimum Gasteiger partial charge on any atom is -0.393 e. The molecule has 1 aromatic carbocycles. The number of nitro groups is 1. The highest BCUT2D eigenvalue weighted by Crippen LogP contribution is 2.32. The zero-order valence-electron chi connectivity index (χ0n) is 10.7. The van der Waals surface area contributed by atoms with E-state index in [1.165, 1.54) is 18.2 Å². The topological polar surface area (TPSA) is 124 Å². The van der Waals surface area contributed by atoms with Crippen LogP contribution < -0.4 is 16.8 Å². The minimum absolute atomic E-state index is 0. The molecule has 2 rings (SSSR count). The van der Waals surface area contributed by atoms with Crippen LogP contribution in [0.2, 0.25) is 0 Å². The van der Waals surface area contributed by atoms with E-state index >= 15 is 0 Å². The van der Waals surface area contributed by atoms with Gasteiger partial charge in [0.05, 0.1) is 4.92 Å². The number of nitrogen functional groups attached to an aromatic ring is 1. The van der Waals surface area contributed by atoms with Gasteiger partial charge in [-0.15, -0.1) is 12.4 Å². The van der Waals surface area contributed by atoms with Gasteiger partial charge in [0, 0.05) is 24.2 Å². The van der Waals surface area contributed by atoms with Crippen molar-refractivity contribution in [2.24, 2.45) is 11.7 Å². The van der Waals surface area contributed by atoms with Crippen LogP contribution in [-0.2, 0) is 0 Å². The molecule has 0 bridgehead atoms. The maximum atomic E-state index is 12.0. The van der Waals surface area contributed by atoms with E-state index in [9.17, 15) is 14.9 Å². The summed E-state index contributed by atoms with van der Waals surface area (Å²) < 4.78 is 0. The Hall–Kier alpha value is -1.86. The van der Waals surface area contributed by atoms with Gasteiger partial charge in [0.25, 0.3) is 11.6 Å². The van der Waals surface area contributed by atoms with E-state index in [1.54, 1.807) is 0 Å². The first-order valence-electron chi connectivity index (χ1n) is 6.07. The van der Waals surface area contributed by atoms with Gasteiger partial charge in [-0.3, -0.25) is 14.9 Å². The molecule has 110 valence electrons. The molecule has 1 aromatic rings. The van der Waals surface area contributed by atoms with Crippen LogP contribution in [0.5, 0.6) is 0 Å². The number of halogens is 1. The predicted molar refractivity (Wildman–Crippen MR) is 77.8 cm³/mol. The smallest absolute Gasteiger partial charge is 0.292 e. The van der Waals surface area contributed by atoms with Crippen molar-refractivity contribution in [3.63, 3.8) is 0 Å². The number of carbonyl (C=O) groups is 1. The van der Waals surface area contributed by atoms with Gasteiger partial charge in [-0.05, 0) is 30.9 Å². The molecule has 0 aliphatic heterocycles. The zero-order valence-corrected chi connectivity index (χ0v) is 11.6. The van der Waals surface area contributed by atoms with E-state index in [-0.39, 0.29) is 41.3 Å². The monoisotopic (exact) mass is 300 g/mol. The lowest BCUT2D eigenvalue weighted by atomic mass is 10.1. The Balaban J connectivity index is 0.00000200. The second-order valence-electron chi connectivity index (χ2n) is 4.68. The van der Waals surface area contributed by atoms with Crippen LogP contribution in [0.1, 0.15) is 23.2 Å². The maximum Gasteiger partial charge on any atom is 0.292 e. The summed E-state index contributed by atoms with van der Waals surface area (Å²) in [5.74, 6) is 0.0724. The van der Waals surface area contributed by atoms with Crippen molar-refractivity contribution in [1.82, 2.24) is 5.32 Å². The van der Waals surface area contributed by atoms with Crippen molar-refractivity contribution in [1.29, 1.82) is 0 Å². The number of nitro benzene ring substituents is 1. The van der Waals surface area contributed by atoms with E-state index in [4.69, 9.17) is 11.5 Å². The van der Waals surface area contributed by atoms with Gasteiger partial charge in [0.2, 0.25) is 0 Å². The van der Waals surface area contributed by atoms with E-state index in [0.29, 0.717) is 12.5 Å². The molecule has 1 fully saturated rings. The van der Waals surface area contributed by atoms with Gasteiger partial charge < -0.3 is 16.8 Å². The fourth-order valence-corrected chi connectivity index (χ4v) is 1.96. The molecule has 8 heteroatoms. The average Bonchev–Trinajstić information content (AvgIpc) is 3.20. The molecule has 20 heavy (non-hydrogen) atoms. The molecule has 7 nitrogen and oxygen atoms in total. The van der Waals surface area contributed by atoms with Gasteiger partial charge in [-0.25, -0.2) is 0 Å². The number of nitrogens with two attached hydrogens (primary N) is 2. The Morgan fingerprint density at radius 1 is 1.50 bits per heavy atom. The molecule has 1 aliphatic carbocycles. The molecule has 0 spiro atoms. The Morgan fingerprint density at radius 3 is 2.65 bits per heavy atom. The van der Waals surface area contributed by atoms with Crippen molar-refractivity contribution in [2.45, 2.75) is 18.9 Å². The Labute approximate surface area is 122 Å². The molecule has 1 atom stereocenters.